The van der Waals surface area contributed by atoms with Gasteiger partial charge in [0, 0.05) is 15.0 Å². The Morgan fingerprint density at radius 1 is 1.31 bits per heavy atom. The molecule has 0 saturated carbocycles. The lowest BCUT2D eigenvalue weighted by molar-refractivity contribution is 0.559. The molecule has 0 aliphatic heterocycles. The summed E-state index contributed by atoms with van der Waals surface area (Å²) in [6.45, 7) is 1.91. The lowest BCUT2D eigenvalue weighted by atomic mass is 10.1. The first-order valence-corrected chi connectivity index (χ1v) is 4.95. The third-order valence-corrected chi connectivity index (χ3v) is 2.58. The molecule has 0 bridgehead atoms. The Labute approximate surface area is 88.7 Å². The van der Waals surface area contributed by atoms with Crippen LogP contribution in [0.3, 0.4) is 0 Å². The van der Waals surface area contributed by atoms with Crippen LogP contribution >= 0.6 is 22.6 Å². The Bertz CT molecular complexity index is 514. The average Bonchev–Trinajstić information content (AvgIpc) is 2.02. The first-order chi connectivity index (χ1) is 6.16. The molecule has 66 valence electrons. The maximum absolute atomic E-state index is 11.0. The van der Waals surface area contributed by atoms with Crippen molar-refractivity contribution >= 4 is 33.6 Å². The van der Waals surface area contributed by atoms with E-state index in [0.717, 1.165) is 14.5 Å². The van der Waals surface area contributed by atoms with Gasteiger partial charge in [-0.25, -0.2) is 4.79 Å². The van der Waals surface area contributed by atoms with Crippen LogP contribution in [-0.4, -0.2) is 0 Å². The van der Waals surface area contributed by atoms with Crippen LogP contribution in [0.2, 0.25) is 0 Å². The standard InChI is InChI=1S/C10H7IO2/c1-6-4-10(12)13-9-5-7(11)2-3-8(6)9/h2-5H,1H3. The van der Waals surface area contributed by atoms with Gasteiger partial charge in [-0.2, -0.15) is 0 Å². The molecule has 1 aromatic heterocycles. The summed E-state index contributed by atoms with van der Waals surface area (Å²) >= 11 is 2.19. The van der Waals surface area contributed by atoms with Gasteiger partial charge in [-0.3, -0.25) is 0 Å². The maximum Gasteiger partial charge on any atom is 0.336 e. The van der Waals surface area contributed by atoms with E-state index in [9.17, 15) is 4.79 Å². The lowest BCUT2D eigenvalue weighted by Gasteiger charge is -1.99. The number of benzene rings is 1. The van der Waals surface area contributed by atoms with E-state index in [4.69, 9.17) is 4.42 Å². The quantitative estimate of drug-likeness (QED) is 0.550. The van der Waals surface area contributed by atoms with Crippen LogP contribution in [0.5, 0.6) is 0 Å². The minimum Gasteiger partial charge on any atom is -0.423 e. The van der Waals surface area contributed by atoms with E-state index < -0.39 is 0 Å². The fraction of sp³-hybridized carbons (Fsp3) is 0.100. The molecule has 0 fully saturated rings. The Kier molecular flexibility index (Phi) is 2.11. The van der Waals surface area contributed by atoms with Gasteiger partial charge in [-0.15, -0.1) is 0 Å². The van der Waals surface area contributed by atoms with Crippen molar-refractivity contribution in [3.8, 4) is 0 Å². The van der Waals surface area contributed by atoms with Crippen LogP contribution in [-0.2, 0) is 0 Å². The van der Waals surface area contributed by atoms with Gasteiger partial charge in [0.05, 0.1) is 0 Å². The van der Waals surface area contributed by atoms with E-state index in [1.54, 1.807) is 0 Å². The molecule has 1 heterocycles. The molecule has 0 unspecified atom stereocenters. The molecule has 0 N–H and O–H groups in total. The Morgan fingerprint density at radius 3 is 2.85 bits per heavy atom. The van der Waals surface area contributed by atoms with Crippen molar-refractivity contribution in [3.05, 3.63) is 43.8 Å². The van der Waals surface area contributed by atoms with E-state index in [-0.39, 0.29) is 5.63 Å². The summed E-state index contributed by atoms with van der Waals surface area (Å²) in [5.41, 5.74) is 1.34. The van der Waals surface area contributed by atoms with Crippen LogP contribution in [0, 0.1) is 10.5 Å². The van der Waals surface area contributed by atoms with Crippen molar-refractivity contribution < 1.29 is 4.42 Å². The van der Waals surface area contributed by atoms with Crippen molar-refractivity contribution in [2.75, 3.05) is 0 Å². The molecular weight excluding hydrogens is 279 g/mol. The fourth-order valence-electron chi connectivity index (χ4n) is 1.30. The summed E-state index contributed by atoms with van der Waals surface area (Å²) in [6.07, 6.45) is 0. The number of fused-ring (bicyclic) bond motifs is 1. The third kappa shape index (κ3) is 1.60. The summed E-state index contributed by atoms with van der Waals surface area (Å²) in [5, 5.41) is 1.00. The molecule has 0 radical (unpaired) electrons. The third-order valence-electron chi connectivity index (χ3n) is 1.91. The summed E-state index contributed by atoms with van der Waals surface area (Å²) in [4.78, 5) is 11.0. The molecule has 0 amide bonds. The molecule has 0 spiro atoms. The molecule has 3 heteroatoms. The number of hydrogen-bond donors (Lipinski definition) is 0. The molecule has 0 saturated heterocycles. The van der Waals surface area contributed by atoms with E-state index in [1.165, 1.54) is 6.07 Å². The highest BCUT2D eigenvalue weighted by Gasteiger charge is 2.01. The largest absolute Gasteiger partial charge is 0.423 e. The number of rotatable bonds is 0. The number of halogens is 1. The minimum atomic E-state index is -0.285. The van der Waals surface area contributed by atoms with Crippen molar-refractivity contribution in [1.29, 1.82) is 0 Å². The molecular formula is C10H7IO2. The van der Waals surface area contributed by atoms with E-state index in [2.05, 4.69) is 22.6 Å². The van der Waals surface area contributed by atoms with Gasteiger partial charge in [0.15, 0.2) is 0 Å². The van der Waals surface area contributed by atoms with Crippen molar-refractivity contribution in [3.63, 3.8) is 0 Å². The second kappa shape index (κ2) is 3.14. The van der Waals surface area contributed by atoms with Crippen molar-refractivity contribution in [2.45, 2.75) is 6.92 Å². The molecule has 2 nitrogen and oxygen atoms in total. The molecule has 13 heavy (non-hydrogen) atoms. The van der Waals surface area contributed by atoms with E-state index in [0.29, 0.717) is 5.58 Å². The van der Waals surface area contributed by atoms with Gasteiger partial charge in [0.1, 0.15) is 5.58 Å². The lowest BCUT2D eigenvalue weighted by Crippen LogP contribution is -1.97. The van der Waals surface area contributed by atoms with Gasteiger partial charge < -0.3 is 4.42 Å². The topological polar surface area (TPSA) is 30.2 Å². The molecule has 2 aromatic rings. The van der Waals surface area contributed by atoms with Gasteiger partial charge in [-0.05, 0) is 53.3 Å². The Balaban J connectivity index is 2.94. The van der Waals surface area contributed by atoms with Gasteiger partial charge in [0.25, 0.3) is 0 Å². The van der Waals surface area contributed by atoms with Crippen molar-refractivity contribution in [2.24, 2.45) is 0 Å². The zero-order chi connectivity index (χ0) is 9.42. The maximum atomic E-state index is 11.0. The SMILES string of the molecule is Cc1cc(=O)oc2cc(I)ccc12. The Hall–Kier alpha value is -0.840. The normalized spacial score (nSPS) is 10.6. The summed E-state index contributed by atoms with van der Waals surface area (Å²) in [6, 6.07) is 7.34. The predicted molar refractivity (Wildman–Crippen MR) is 59.9 cm³/mol. The zero-order valence-corrected chi connectivity index (χ0v) is 9.16. The molecule has 1 aromatic carbocycles. The summed E-state index contributed by atoms with van der Waals surface area (Å²) in [7, 11) is 0. The summed E-state index contributed by atoms with van der Waals surface area (Å²) in [5.74, 6) is 0. The van der Waals surface area contributed by atoms with Gasteiger partial charge in [0.2, 0.25) is 0 Å². The monoisotopic (exact) mass is 286 g/mol. The highest BCUT2D eigenvalue weighted by molar-refractivity contribution is 14.1. The van der Waals surface area contributed by atoms with Gasteiger partial charge >= 0.3 is 5.63 Å². The van der Waals surface area contributed by atoms with Crippen molar-refractivity contribution in [1.82, 2.24) is 0 Å². The first-order valence-electron chi connectivity index (χ1n) is 3.87. The smallest absolute Gasteiger partial charge is 0.336 e. The highest BCUT2D eigenvalue weighted by Crippen LogP contribution is 2.18. The number of hydrogen-bond acceptors (Lipinski definition) is 2. The van der Waals surface area contributed by atoms with Gasteiger partial charge in [-0.1, -0.05) is 0 Å². The van der Waals surface area contributed by atoms with E-state index in [1.807, 2.05) is 25.1 Å². The van der Waals surface area contributed by atoms with Crippen LogP contribution in [0.15, 0.2) is 33.5 Å². The highest BCUT2D eigenvalue weighted by atomic mass is 127. The van der Waals surface area contributed by atoms with Crippen LogP contribution in [0.4, 0.5) is 0 Å². The molecule has 2 rings (SSSR count). The molecule has 0 atom stereocenters. The zero-order valence-electron chi connectivity index (χ0n) is 7.00. The molecule has 0 aliphatic carbocycles. The van der Waals surface area contributed by atoms with E-state index >= 15 is 0 Å². The minimum absolute atomic E-state index is 0.285. The fourth-order valence-corrected chi connectivity index (χ4v) is 1.76. The second-order valence-electron chi connectivity index (χ2n) is 2.89. The predicted octanol–water partition coefficient (Wildman–Crippen LogP) is 2.71. The first kappa shape index (κ1) is 8.74. The van der Waals surface area contributed by atoms with Crippen LogP contribution < -0.4 is 5.63 Å². The summed E-state index contributed by atoms with van der Waals surface area (Å²) < 4.78 is 6.13. The van der Waals surface area contributed by atoms with Crippen LogP contribution in [0.25, 0.3) is 11.0 Å². The average molecular weight is 286 g/mol. The van der Waals surface area contributed by atoms with Crippen LogP contribution in [0.1, 0.15) is 5.56 Å². The number of aryl methyl sites for hydroxylation is 1. The second-order valence-corrected chi connectivity index (χ2v) is 4.13. The Morgan fingerprint density at radius 2 is 2.08 bits per heavy atom. The molecule has 0 aliphatic rings.